The lowest BCUT2D eigenvalue weighted by Crippen LogP contribution is -2.17. The molecule has 19 heavy (non-hydrogen) atoms. The summed E-state index contributed by atoms with van der Waals surface area (Å²) in [6.45, 7) is 9.01. The van der Waals surface area contributed by atoms with Gasteiger partial charge in [-0.1, -0.05) is 73.5 Å². The summed E-state index contributed by atoms with van der Waals surface area (Å²) in [5.41, 5.74) is 2.72. The zero-order valence-corrected chi connectivity index (χ0v) is 13.2. The number of hydrogen-bond donors (Lipinski definition) is 0. The molecule has 0 aromatic heterocycles. The Balaban J connectivity index is 2.41. The van der Waals surface area contributed by atoms with Gasteiger partial charge >= 0.3 is 0 Å². The van der Waals surface area contributed by atoms with Crippen molar-refractivity contribution in [1.29, 1.82) is 0 Å². The van der Waals surface area contributed by atoms with Crippen molar-refractivity contribution in [1.82, 2.24) is 0 Å². The van der Waals surface area contributed by atoms with Crippen LogP contribution in [-0.2, 0) is 0 Å². The molecule has 0 amide bonds. The lowest BCUT2D eigenvalue weighted by molar-refractivity contribution is 0.747. The second kappa shape index (κ2) is 6.35. The fourth-order valence-electron chi connectivity index (χ4n) is 2.32. The molecule has 0 aliphatic heterocycles. The van der Waals surface area contributed by atoms with E-state index >= 15 is 0 Å². The highest BCUT2D eigenvalue weighted by atomic mass is 31.1. The molecule has 0 radical (unpaired) electrons. The monoisotopic (exact) mass is 270 g/mol. The SMILES string of the molecule is Cc1cccc(P(CC(C)C)c2cccc(C)c2)c1. The molecule has 0 saturated carbocycles. The Morgan fingerprint density at radius 3 is 1.68 bits per heavy atom. The Morgan fingerprint density at radius 1 is 0.842 bits per heavy atom. The zero-order chi connectivity index (χ0) is 13.8. The van der Waals surface area contributed by atoms with Gasteiger partial charge < -0.3 is 0 Å². The fraction of sp³-hybridized carbons (Fsp3) is 0.333. The average Bonchev–Trinajstić information content (AvgIpc) is 2.35. The first-order valence-electron chi connectivity index (χ1n) is 6.97. The van der Waals surface area contributed by atoms with Crippen LogP contribution in [0, 0.1) is 19.8 Å². The first kappa shape index (κ1) is 14.3. The van der Waals surface area contributed by atoms with E-state index in [-0.39, 0.29) is 7.92 Å². The van der Waals surface area contributed by atoms with E-state index in [1.807, 2.05) is 0 Å². The van der Waals surface area contributed by atoms with Gasteiger partial charge in [-0.3, -0.25) is 0 Å². The van der Waals surface area contributed by atoms with E-state index in [0.29, 0.717) is 0 Å². The molecule has 2 aromatic rings. The van der Waals surface area contributed by atoms with Crippen LogP contribution in [0.2, 0.25) is 0 Å². The summed E-state index contributed by atoms with van der Waals surface area (Å²) in [6.07, 6.45) is 1.27. The fourth-order valence-corrected chi connectivity index (χ4v) is 5.02. The minimum absolute atomic E-state index is 0.223. The Bertz CT molecular complexity index is 497. The summed E-state index contributed by atoms with van der Waals surface area (Å²) in [4.78, 5) is 0. The topological polar surface area (TPSA) is 0 Å². The molecule has 0 bridgehead atoms. The Kier molecular flexibility index (Phi) is 4.77. The van der Waals surface area contributed by atoms with E-state index in [4.69, 9.17) is 0 Å². The molecule has 100 valence electrons. The van der Waals surface area contributed by atoms with Gasteiger partial charge in [0.25, 0.3) is 0 Å². The van der Waals surface area contributed by atoms with Crippen molar-refractivity contribution in [2.45, 2.75) is 27.7 Å². The van der Waals surface area contributed by atoms with Crippen LogP contribution in [0.15, 0.2) is 48.5 Å². The van der Waals surface area contributed by atoms with Gasteiger partial charge in [-0.25, -0.2) is 0 Å². The third-order valence-electron chi connectivity index (χ3n) is 3.17. The predicted octanol–water partition coefficient (Wildman–Crippen LogP) is 4.39. The Hall–Kier alpha value is -1.13. The van der Waals surface area contributed by atoms with Crippen LogP contribution in [0.5, 0.6) is 0 Å². The van der Waals surface area contributed by atoms with Crippen molar-refractivity contribution in [2.24, 2.45) is 5.92 Å². The van der Waals surface area contributed by atoms with Crippen LogP contribution in [0.4, 0.5) is 0 Å². The second-order valence-electron chi connectivity index (χ2n) is 5.68. The molecule has 0 saturated heterocycles. The summed E-state index contributed by atoms with van der Waals surface area (Å²) in [5, 5.41) is 3.02. The average molecular weight is 270 g/mol. The van der Waals surface area contributed by atoms with E-state index in [0.717, 1.165) is 5.92 Å². The van der Waals surface area contributed by atoms with Crippen LogP contribution in [0.3, 0.4) is 0 Å². The second-order valence-corrected chi connectivity index (χ2v) is 7.94. The molecule has 0 aliphatic carbocycles. The molecule has 0 nitrogen and oxygen atoms in total. The Labute approximate surface area is 118 Å². The first-order chi connectivity index (χ1) is 9.06. The maximum Gasteiger partial charge on any atom is -0.0192 e. The molecule has 0 heterocycles. The summed E-state index contributed by atoms with van der Waals surface area (Å²) in [5.74, 6) is 0.729. The van der Waals surface area contributed by atoms with Crippen LogP contribution in [0.1, 0.15) is 25.0 Å². The molecule has 0 spiro atoms. The minimum atomic E-state index is -0.223. The molecule has 2 aromatic carbocycles. The van der Waals surface area contributed by atoms with E-state index in [2.05, 4.69) is 76.2 Å². The van der Waals surface area contributed by atoms with E-state index in [1.54, 1.807) is 0 Å². The van der Waals surface area contributed by atoms with Gasteiger partial charge in [0.1, 0.15) is 0 Å². The van der Waals surface area contributed by atoms with Crippen molar-refractivity contribution in [3.63, 3.8) is 0 Å². The number of rotatable bonds is 4. The number of hydrogen-bond acceptors (Lipinski definition) is 0. The maximum absolute atomic E-state index is 2.36. The molecule has 0 aliphatic rings. The molecule has 0 unspecified atom stereocenters. The highest BCUT2D eigenvalue weighted by molar-refractivity contribution is 7.73. The smallest absolute Gasteiger partial charge is 0.0192 e. The van der Waals surface area contributed by atoms with Crippen molar-refractivity contribution in [2.75, 3.05) is 6.16 Å². The van der Waals surface area contributed by atoms with Crippen LogP contribution < -0.4 is 10.6 Å². The molecular weight excluding hydrogens is 247 g/mol. The van der Waals surface area contributed by atoms with E-state index in [1.165, 1.54) is 27.9 Å². The number of benzene rings is 2. The summed E-state index contributed by atoms with van der Waals surface area (Å²) in [6, 6.07) is 18.1. The third kappa shape index (κ3) is 3.91. The van der Waals surface area contributed by atoms with Gasteiger partial charge in [0.2, 0.25) is 0 Å². The normalized spacial score (nSPS) is 11.3. The number of aryl methyl sites for hydroxylation is 2. The lowest BCUT2D eigenvalue weighted by atomic mass is 10.2. The van der Waals surface area contributed by atoms with Crippen molar-refractivity contribution >= 4 is 18.5 Å². The first-order valence-corrected chi connectivity index (χ1v) is 8.50. The lowest BCUT2D eigenvalue weighted by Gasteiger charge is -2.21. The van der Waals surface area contributed by atoms with Crippen LogP contribution in [0.25, 0.3) is 0 Å². The Morgan fingerprint density at radius 2 is 1.32 bits per heavy atom. The van der Waals surface area contributed by atoms with E-state index in [9.17, 15) is 0 Å². The van der Waals surface area contributed by atoms with Crippen molar-refractivity contribution in [3.8, 4) is 0 Å². The molecule has 2 rings (SSSR count). The summed E-state index contributed by atoms with van der Waals surface area (Å²) < 4.78 is 0. The highest BCUT2D eigenvalue weighted by Crippen LogP contribution is 2.36. The predicted molar refractivity (Wildman–Crippen MR) is 88.3 cm³/mol. The quantitative estimate of drug-likeness (QED) is 0.723. The maximum atomic E-state index is 2.36. The van der Waals surface area contributed by atoms with Gasteiger partial charge in [0.05, 0.1) is 0 Å². The van der Waals surface area contributed by atoms with Crippen molar-refractivity contribution in [3.05, 3.63) is 59.7 Å². The van der Waals surface area contributed by atoms with Gasteiger partial charge in [0, 0.05) is 0 Å². The minimum Gasteiger partial charge on any atom is -0.0624 e. The summed E-state index contributed by atoms with van der Waals surface area (Å²) >= 11 is 0. The largest absolute Gasteiger partial charge is 0.0624 e. The van der Waals surface area contributed by atoms with Gasteiger partial charge in [-0.15, -0.1) is 0 Å². The zero-order valence-electron chi connectivity index (χ0n) is 12.4. The molecule has 1 heteroatoms. The van der Waals surface area contributed by atoms with Gasteiger partial charge in [-0.05, 0) is 44.5 Å². The van der Waals surface area contributed by atoms with Gasteiger partial charge in [0.15, 0.2) is 0 Å². The molecule has 0 atom stereocenters. The van der Waals surface area contributed by atoms with Crippen molar-refractivity contribution < 1.29 is 0 Å². The summed E-state index contributed by atoms with van der Waals surface area (Å²) in [7, 11) is -0.223. The molecule has 0 fully saturated rings. The third-order valence-corrected chi connectivity index (χ3v) is 6.07. The van der Waals surface area contributed by atoms with Gasteiger partial charge in [-0.2, -0.15) is 0 Å². The standard InChI is InChI=1S/C18H23P/c1-14(2)13-19(17-9-5-7-15(3)11-17)18-10-6-8-16(4)12-18/h5-12,14H,13H2,1-4H3. The highest BCUT2D eigenvalue weighted by Gasteiger charge is 2.15. The molecule has 0 N–H and O–H groups in total. The van der Waals surface area contributed by atoms with E-state index < -0.39 is 0 Å². The van der Waals surface area contributed by atoms with Crippen LogP contribution >= 0.6 is 7.92 Å². The van der Waals surface area contributed by atoms with Crippen LogP contribution in [-0.4, -0.2) is 6.16 Å². The molecular formula is C18H23P.